The first-order chi connectivity index (χ1) is 10.2. The lowest BCUT2D eigenvalue weighted by molar-refractivity contribution is -0.147. The van der Waals surface area contributed by atoms with Crippen molar-refractivity contribution in [3.8, 4) is 0 Å². The van der Waals surface area contributed by atoms with Crippen molar-refractivity contribution in [2.45, 2.75) is 6.10 Å². The standard InChI is InChI=1S/C6H6N2O5.C4H3FN2O2/c9-3(5(11)12)2-1-7-6(13)8-4(2)10;5-2-1-6-4(9)7-3(2)8/h1,3,9H,(H,11,12)(H2,7,8,10,13);1H,(H2,6,7,8,9). The molecule has 0 aliphatic carbocycles. The molecular formula is C10H9FN4O7. The molecule has 0 aliphatic rings. The summed E-state index contributed by atoms with van der Waals surface area (Å²) in [6, 6.07) is 0. The van der Waals surface area contributed by atoms with Gasteiger partial charge in [0.25, 0.3) is 11.1 Å². The van der Waals surface area contributed by atoms with Crippen LogP contribution in [0.2, 0.25) is 0 Å². The minimum Gasteiger partial charge on any atom is -0.479 e. The summed E-state index contributed by atoms with van der Waals surface area (Å²) in [5.74, 6) is -2.55. The Labute approximate surface area is 118 Å². The number of aromatic amines is 4. The van der Waals surface area contributed by atoms with E-state index >= 15 is 0 Å². The van der Waals surface area contributed by atoms with Gasteiger partial charge in [-0.2, -0.15) is 4.39 Å². The van der Waals surface area contributed by atoms with Gasteiger partial charge < -0.3 is 20.2 Å². The van der Waals surface area contributed by atoms with Gasteiger partial charge in [0.2, 0.25) is 5.82 Å². The van der Waals surface area contributed by atoms with Gasteiger partial charge in [-0.3, -0.25) is 19.6 Å². The Morgan fingerprint density at radius 1 is 1.00 bits per heavy atom. The summed E-state index contributed by atoms with van der Waals surface area (Å²) in [6.45, 7) is 0. The zero-order chi connectivity index (χ0) is 16.9. The van der Waals surface area contributed by atoms with Crippen molar-refractivity contribution in [3.63, 3.8) is 0 Å². The summed E-state index contributed by atoms with van der Waals surface area (Å²) in [7, 11) is 0. The molecule has 118 valence electrons. The van der Waals surface area contributed by atoms with Crippen molar-refractivity contribution >= 4 is 5.97 Å². The van der Waals surface area contributed by atoms with Crippen LogP contribution in [0.4, 0.5) is 4.39 Å². The largest absolute Gasteiger partial charge is 0.479 e. The summed E-state index contributed by atoms with van der Waals surface area (Å²) < 4.78 is 12.0. The second-order valence-corrected chi connectivity index (χ2v) is 3.69. The summed E-state index contributed by atoms with van der Waals surface area (Å²) >= 11 is 0. The lowest BCUT2D eigenvalue weighted by atomic mass is 10.2. The van der Waals surface area contributed by atoms with Crippen molar-refractivity contribution < 1.29 is 19.4 Å². The van der Waals surface area contributed by atoms with E-state index in [2.05, 4.69) is 0 Å². The second kappa shape index (κ2) is 6.94. The molecule has 2 rings (SSSR count). The molecule has 11 nitrogen and oxygen atoms in total. The molecule has 0 saturated heterocycles. The van der Waals surface area contributed by atoms with E-state index in [0.29, 0.717) is 6.20 Å². The average Bonchev–Trinajstić information content (AvgIpc) is 2.43. The maximum Gasteiger partial charge on any atom is 0.337 e. The van der Waals surface area contributed by atoms with E-state index in [-0.39, 0.29) is 0 Å². The van der Waals surface area contributed by atoms with Crippen LogP contribution in [-0.2, 0) is 4.79 Å². The number of hydrogen-bond acceptors (Lipinski definition) is 6. The van der Waals surface area contributed by atoms with Gasteiger partial charge in [0.15, 0.2) is 6.10 Å². The minimum absolute atomic E-state index is 0.410. The smallest absolute Gasteiger partial charge is 0.337 e. The van der Waals surface area contributed by atoms with Gasteiger partial charge >= 0.3 is 17.3 Å². The number of H-pyrrole nitrogens is 4. The molecule has 0 spiro atoms. The quantitative estimate of drug-likeness (QED) is 0.349. The Hall–Kier alpha value is -3.28. The van der Waals surface area contributed by atoms with Crippen LogP contribution in [0.15, 0.2) is 31.6 Å². The first-order valence-corrected chi connectivity index (χ1v) is 5.42. The second-order valence-electron chi connectivity index (χ2n) is 3.69. The highest BCUT2D eigenvalue weighted by Gasteiger charge is 2.19. The van der Waals surface area contributed by atoms with E-state index in [1.165, 1.54) is 0 Å². The molecule has 0 fully saturated rings. The molecule has 0 saturated carbocycles. The van der Waals surface area contributed by atoms with Gasteiger partial charge in [0.1, 0.15) is 0 Å². The van der Waals surface area contributed by atoms with Crippen LogP contribution < -0.4 is 22.5 Å². The summed E-state index contributed by atoms with van der Waals surface area (Å²) in [4.78, 5) is 59.5. The van der Waals surface area contributed by atoms with Crippen LogP contribution in [0, 0.1) is 5.82 Å². The Kier molecular flexibility index (Phi) is 5.29. The Morgan fingerprint density at radius 2 is 1.50 bits per heavy atom. The number of nitrogens with one attached hydrogen (secondary N) is 4. The molecule has 0 bridgehead atoms. The number of halogens is 1. The van der Waals surface area contributed by atoms with Crippen molar-refractivity contribution in [3.05, 3.63) is 65.5 Å². The van der Waals surface area contributed by atoms with Crippen LogP contribution in [0.3, 0.4) is 0 Å². The number of carboxylic acids is 1. The molecule has 22 heavy (non-hydrogen) atoms. The van der Waals surface area contributed by atoms with Gasteiger partial charge in [0.05, 0.1) is 5.56 Å². The van der Waals surface area contributed by atoms with Gasteiger partial charge in [-0.15, -0.1) is 0 Å². The first-order valence-electron chi connectivity index (χ1n) is 5.42. The summed E-state index contributed by atoms with van der Waals surface area (Å²) in [6.07, 6.45) is -0.359. The maximum absolute atomic E-state index is 12.0. The zero-order valence-electron chi connectivity index (χ0n) is 10.5. The number of aliphatic carboxylic acids is 1. The third kappa shape index (κ3) is 4.38. The fraction of sp³-hybridized carbons (Fsp3) is 0.100. The fourth-order valence-electron chi connectivity index (χ4n) is 1.15. The van der Waals surface area contributed by atoms with Crippen LogP contribution >= 0.6 is 0 Å². The highest BCUT2D eigenvalue weighted by Crippen LogP contribution is 2.03. The van der Waals surface area contributed by atoms with Crippen molar-refractivity contribution in [2.75, 3.05) is 0 Å². The van der Waals surface area contributed by atoms with Crippen LogP contribution in [0.5, 0.6) is 0 Å². The normalized spacial score (nSPS) is 11.2. The van der Waals surface area contributed by atoms with E-state index < -0.39 is 46.0 Å². The Balaban J connectivity index is 0.000000235. The number of rotatable bonds is 2. The molecule has 12 heteroatoms. The first kappa shape index (κ1) is 16.8. The maximum atomic E-state index is 12.0. The molecule has 1 atom stereocenters. The van der Waals surface area contributed by atoms with Gasteiger partial charge in [-0.1, -0.05) is 0 Å². The number of aliphatic hydroxyl groups is 1. The topological polar surface area (TPSA) is 189 Å². The van der Waals surface area contributed by atoms with Crippen LogP contribution in [0.25, 0.3) is 0 Å². The van der Waals surface area contributed by atoms with Gasteiger partial charge in [-0.05, 0) is 0 Å². The predicted molar refractivity (Wildman–Crippen MR) is 67.9 cm³/mol. The molecule has 1 unspecified atom stereocenters. The van der Waals surface area contributed by atoms with Gasteiger partial charge in [-0.25, -0.2) is 14.4 Å². The molecule has 2 aromatic rings. The Morgan fingerprint density at radius 3 is 1.91 bits per heavy atom. The third-order valence-electron chi connectivity index (χ3n) is 2.15. The molecule has 0 aliphatic heterocycles. The molecule has 0 amide bonds. The minimum atomic E-state index is -1.93. The molecule has 0 radical (unpaired) electrons. The summed E-state index contributed by atoms with van der Waals surface area (Å²) in [5, 5.41) is 17.3. The number of carboxylic acid groups (broad SMARTS) is 1. The lowest BCUT2D eigenvalue weighted by Gasteiger charge is -2.01. The highest BCUT2D eigenvalue weighted by atomic mass is 19.1. The van der Waals surface area contributed by atoms with E-state index in [0.717, 1.165) is 6.20 Å². The van der Waals surface area contributed by atoms with Gasteiger partial charge in [0, 0.05) is 12.4 Å². The summed E-state index contributed by atoms with van der Waals surface area (Å²) in [5.41, 5.74) is -3.79. The van der Waals surface area contributed by atoms with Crippen molar-refractivity contribution in [1.82, 2.24) is 19.9 Å². The number of aliphatic hydroxyl groups excluding tert-OH is 1. The number of aromatic nitrogens is 4. The van der Waals surface area contributed by atoms with E-state index in [1.807, 2.05) is 9.97 Å². The number of carbonyl (C=O) groups is 1. The van der Waals surface area contributed by atoms with Crippen LogP contribution in [0.1, 0.15) is 11.7 Å². The molecule has 0 aromatic carbocycles. The van der Waals surface area contributed by atoms with Crippen molar-refractivity contribution in [2.24, 2.45) is 0 Å². The Bertz CT molecular complexity index is 893. The van der Waals surface area contributed by atoms with Crippen molar-refractivity contribution in [1.29, 1.82) is 0 Å². The van der Waals surface area contributed by atoms with E-state index in [9.17, 15) is 28.4 Å². The SMILES string of the molecule is O=C(O)C(O)c1c[nH]c(=O)[nH]c1=O.O=c1[nH]cc(F)c(=O)[nH]1. The molecule has 6 N–H and O–H groups in total. The molecular weight excluding hydrogens is 307 g/mol. The molecule has 2 heterocycles. The van der Waals surface area contributed by atoms with Crippen LogP contribution in [-0.4, -0.2) is 36.1 Å². The fourth-order valence-corrected chi connectivity index (χ4v) is 1.15. The monoisotopic (exact) mass is 316 g/mol. The lowest BCUT2D eigenvalue weighted by Crippen LogP contribution is -2.28. The van der Waals surface area contributed by atoms with E-state index in [1.54, 1.807) is 9.97 Å². The van der Waals surface area contributed by atoms with E-state index in [4.69, 9.17) is 10.2 Å². The number of hydrogen-bond donors (Lipinski definition) is 6. The predicted octanol–water partition coefficient (Wildman–Crippen LogP) is -2.62. The average molecular weight is 316 g/mol. The highest BCUT2D eigenvalue weighted by molar-refractivity contribution is 5.73. The third-order valence-corrected chi connectivity index (χ3v) is 2.15. The molecule has 2 aromatic heterocycles. The zero-order valence-corrected chi connectivity index (χ0v) is 10.5.